The fraction of sp³-hybridized carbons (Fsp3) is 0.444. The number of hydrogen-bond donors (Lipinski definition) is 0. The van der Waals surface area contributed by atoms with E-state index in [1.54, 1.807) is 0 Å². The fourth-order valence-corrected chi connectivity index (χ4v) is 1.44. The molecule has 0 aliphatic heterocycles. The monoisotopic (exact) mass is 201 g/mol. The summed E-state index contributed by atoms with van der Waals surface area (Å²) in [5.74, 6) is 0. The van der Waals surface area contributed by atoms with Crippen molar-refractivity contribution in [1.29, 1.82) is 0 Å². The van der Waals surface area contributed by atoms with E-state index in [-0.39, 0.29) is 5.16 Å². The largest absolute Gasteiger partial charge is 0.261 e. The van der Waals surface area contributed by atoms with E-state index in [2.05, 4.69) is 18.8 Å². The fourth-order valence-electron chi connectivity index (χ4n) is 0.989. The quantitative estimate of drug-likeness (QED) is 0.685. The van der Waals surface area contributed by atoms with Gasteiger partial charge in [0.1, 0.15) is 0 Å². The molecule has 3 heteroatoms. The summed E-state index contributed by atoms with van der Waals surface area (Å²) in [4.78, 5) is 4.26. The van der Waals surface area contributed by atoms with Crippen LogP contribution < -0.4 is 0 Å². The molecule has 0 radical (unpaired) electrons. The van der Waals surface area contributed by atoms with Gasteiger partial charge in [-0.3, -0.25) is 4.98 Å². The van der Waals surface area contributed by atoms with Crippen LogP contribution in [0.5, 0.6) is 0 Å². The Labute approximate surface area is 80.1 Å². The number of pyridine rings is 1. The van der Waals surface area contributed by atoms with Crippen LogP contribution >= 0.6 is 19.2 Å². The predicted molar refractivity (Wildman–Crippen MR) is 56.2 cm³/mol. The minimum atomic E-state index is 0.176. The molecule has 0 saturated heterocycles. The van der Waals surface area contributed by atoms with Crippen LogP contribution in [0.25, 0.3) is 0 Å². The second kappa shape index (κ2) is 4.20. The van der Waals surface area contributed by atoms with Crippen molar-refractivity contribution >= 4 is 19.2 Å². The molecule has 0 N–H and O–H groups in total. The first kappa shape index (κ1) is 9.95. The lowest BCUT2D eigenvalue weighted by atomic mass is 10.1. The summed E-state index contributed by atoms with van der Waals surface area (Å²) in [7, 11) is 0.442. The zero-order valence-corrected chi connectivity index (χ0v) is 9.10. The van der Waals surface area contributed by atoms with Gasteiger partial charge in [0.05, 0.1) is 0 Å². The molecule has 1 rings (SSSR count). The Morgan fingerprint density at radius 3 is 2.75 bits per heavy atom. The van der Waals surface area contributed by atoms with E-state index in [0.29, 0.717) is 7.93 Å². The molecule has 0 aliphatic rings. The van der Waals surface area contributed by atoms with Gasteiger partial charge in [0.25, 0.3) is 0 Å². The Bertz CT molecular complexity index is 236. The zero-order chi connectivity index (χ0) is 9.03. The van der Waals surface area contributed by atoms with Crippen LogP contribution in [-0.4, -0.2) is 10.1 Å². The van der Waals surface area contributed by atoms with E-state index < -0.39 is 0 Å². The van der Waals surface area contributed by atoms with Crippen molar-refractivity contribution in [1.82, 2.24) is 4.98 Å². The predicted octanol–water partition coefficient (Wildman–Crippen LogP) is 3.24. The molecule has 0 aliphatic carbocycles. The third kappa shape index (κ3) is 3.08. The Balaban J connectivity index is 2.64. The summed E-state index contributed by atoms with van der Waals surface area (Å²) in [6.07, 6.45) is 2.78. The second-order valence-electron chi connectivity index (χ2n) is 3.48. The van der Waals surface area contributed by atoms with E-state index in [9.17, 15) is 0 Å². The average Bonchev–Trinajstić information content (AvgIpc) is 2.06. The van der Waals surface area contributed by atoms with Crippen LogP contribution in [-0.2, 0) is 6.42 Å². The van der Waals surface area contributed by atoms with E-state index in [1.807, 2.05) is 24.4 Å². The van der Waals surface area contributed by atoms with Crippen LogP contribution in [0.2, 0.25) is 0 Å². The van der Waals surface area contributed by atoms with E-state index in [0.717, 1.165) is 12.1 Å². The van der Waals surface area contributed by atoms with E-state index in [4.69, 9.17) is 11.2 Å². The molecule has 0 bridgehead atoms. The maximum atomic E-state index is 5.84. The standard InChI is InChI=1S/C9H13ClNP/c1-9(2,12-10)7-8-5-3-4-6-11-8/h3-6,12H,7H2,1-2H3. The molecule has 12 heavy (non-hydrogen) atoms. The molecule has 1 unspecified atom stereocenters. The molecule has 66 valence electrons. The topological polar surface area (TPSA) is 12.9 Å². The van der Waals surface area contributed by atoms with Gasteiger partial charge in [-0.05, 0) is 26.5 Å². The molecule has 0 spiro atoms. The first-order chi connectivity index (χ1) is 5.64. The number of halogens is 1. The van der Waals surface area contributed by atoms with Crippen molar-refractivity contribution in [3.05, 3.63) is 30.1 Å². The molecule has 0 aromatic carbocycles. The third-order valence-electron chi connectivity index (χ3n) is 1.61. The first-order valence-corrected chi connectivity index (χ1v) is 5.93. The third-order valence-corrected chi connectivity index (χ3v) is 3.83. The van der Waals surface area contributed by atoms with Gasteiger partial charge in [-0.15, -0.1) is 0 Å². The SMILES string of the molecule is CC(C)(Cc1ccccn1)PCl. The van der Waals surface area contributed by atoms with Gasteiger partial charge in [-0.2, -0.15) is 0 Å². The van der Waals surface area contributed by atoms with Crippen molar-refractivity contribution in [2.45, 2.75) is 25.4 Å². The van der Waals surface area contributed by atoms with Gasteiger partial charge < -0.3 is 0 Å². The number of aromatic nitrogens is 1. The highest BCUT2D eigenvalue weighted by atomic mass is 35.7. The minimum absolute atomic E-state index is 0.176. The Morgan fingerprint density at radius 1 is 1.50 bits per heavy atom. The Hall–Kier alpha value is -0.130. The molecule has 1 aromatic rings. The summed E-state index contributed by atoms with van der Waals surface area (Å²) in [6.45, 7) is 4.32. The summed E-state index contributed by atoms with van der Waals surface area (Å²) in [6, 6.07) is 5.98. The number of rotatable bonds is 3. The molecule has 0 saturated carbocycles. The normalized spacial score (nSPS) is 12.6. The van der Waals surface area contributed by atoms with Crippen LogP contribution in [0.3, 0.4) is 0 Å². The van der Waals surface area contributed by atoms with E-state index >= 15 is 0 Å². The second-order valence-corrected chi connectivity index (χ2v) is 5.59. The van der Waals surface area contributed by atoms with Gasteiger partial charge in [-0.25, -0.2) is 0 Å². The highest BCUT2D eigenvalue weighted by Gasteiger charge is 2.17. The Kier molecular flexibility index (Phi) is 3.49. The van der Waals surface area contributed by atoms with Crippen LogP contribution in [0.1, 0.15) is 19.5 Å². The summed E-state index contributed by atoms with van der Waals surface area (Å²) in [5, 5.41) is 0.176. The lowest BCUT2D eigenvalue weighted by Gasteiger charge is -2.19. The maximum absolute atomic E-state index is 5.84. The smallest absolute Gasteiger partial charge is 0.0412 e. The van der Waals surface area contributed by atoms with Crippen molar-refractivity contribution in [3.63, 3.8) is 0 Å². The van der Waals surface area contributed by atoms with Crippen molar-refractivity contribution < 1.29 is 0 Å². The average molecular weight is 202 g/mol. The van der Waals surface area contributed by atoms with Crippen LogP contribution in [0, 0.1) is 0 Å². The molecular formula is C9H13ClNP. The van der Waals surface area contributed by atoms with Crippen molar-refractivity contribution in [3.8, 4) is 0 Å². The molecule has 1 atom stereocenters. The molecule has 1 aromatic heterocycles. The molecule has 0 amide bonds. The lowest BCUT2D eigenvalue weighted by molar-refractivity contribution is 0.691. The summed E-state index contributed by atoms with van der Waals surface area (Å²) < 4.78 is 0. The highest BCUT2D eigenvalue weighted by Crippen LogP contribution is 2.37. The van der Waals surface area contributed by atoms with Crippen molar-refractivity contribution in [2.24, 2.45) is 0 Å². The summed E-state index contributed by atoms with van der Waals surface area (Å²) >= 11 is 5.84. The van der Waals surface area contributed by atoms with Gasteiger partial charge in [0.2, 0.25) is 0 Å². The van der Waals surface area contributed by atoms with Gasteiger partial charge in [0.15, 0.2) is 0 Å². The van der Waals surface area contributed by atoms with Crippen LogP contribution in [0.4, 0.5) is 0 Å². The number of hydrogen-bond acceptors (Lipinski definition) is 1. The zero-order valence-electron chi connectivity index (χ0n) is 7.34. The molecule has 0 fully saturated rings. The summed E-state index contributed by atoms with van der Waals surface area (Å²) in [5.41, 5.74) is 1.12. The maximum Gasteiger partial charge on any atom is 0.0412 e. The minimum Gasteiger partial charge on any atom is -0.261 e. The number of nitrogens with zero attached hydrogens (tertiary/aromatic N) is 1. The van der Waals surface area contributed by atoms with Gasteiger partial charge in [0, 0.05) is 17.0 Å². The van der Waals surface area contributed by atoms with E-state index in [1.165, 1.54) is 0 Å². The lowest BCUT2D eigenvalue weighted by Crippen LogP contribution is -2.15. The Morgan fingerprint density at radius 2 is 2.25 bits per heavy atom. The molecule has 1 heterocycles. The van der Waals surface area contributed by atoms with Gasteiger partial charge >= 0.3 is 0 Å². The van der Waals surface area contributed by atoms with Gasteiger partial charge in [-0.1, -0.05) is 31.2 Å². The molecule has 1 nitrogen and oxygen atoms in total. The van der Waals surface area contributed by atoms with Crippen molar-refractivity contribution in [2.75, 3.05) is 0 Å². The highest BCUT2D eigenvalue weighted by molar-refractivity contribution is 7.69. The van der Waals surface area contributed by atoms with Crippen LogP contribution in [0.15, 0.2) is 24.4 Å². The first-order valence-electron chi connectivity index (χ1n) is 3.92. The molecular weight excluding hydrogens is 189 g/mol.